The van der Waals surface area contributed by atoms with Crippen molar-refractivity contribution in [2.24, 2.45) is 0 Å². The van der Waals surface area contributed by atoms with E-state index >= 15 is 0 Å². The lowest BCUT2D eigenvalue weighted by Crippen LogP contribution is -2.36. The highest BCUT2D eigenvalue weighted by atomic mass is 35.5. The molecule has 0 aliphatic carbocycles. The summed E-state index contributed by atoms with van der Waals surface area (Å²) in [5, 5.41) is 0.678. The van der Waals surface area contributed by atoms with Crippen LogP contribution in [0.4, 0.5) is 0 Å². The molecular weight excluding hydrogens is 390 g/mol. The number of carbonyl (C=O) groups excluding carboxylic acids is 1. The van der Waals surface area contributed by atoms with Crippen LogP contribution in [0.25, 0.3) is 11.1 Å². The number of para-hydroxylation sites is 2. The van der Waals surface area contributed by atoms with Crippen molar-refractivity contribution in [1.29, 1.82) is 0 Å². The van der Waals surface area contributed by atoms with E-state index in [-0.39, 0.29) is 11.7 Å². The van der Waals surface area contributed by atoms with E-state index < -0.39 is 0 Å². The van der Waals surface area contributed by atoms with Gasteiger partial charge in [-0.25, -0.2) is 4.79 Å². The Kier molecular flexibility index (Phi) is 7.12. The summed E-state index contributed by atoms with van der Waals surface area (Å²) in [7, 11) is 3.97. The summed E-state index contributed by atoms with van der Waals surface area (Å²) in [5.74, 6) is -0.313. The second-order valence-corrected chi connectivity index (χ2v) is 7.77. The number of fused-ring (bicyclic) bond motifs is 1. The summed E-state index contributed by atoms with van der Waals surface area (Å²) in [5.41, 5.74) is 2.37. The lowest BCUT2D eigenvalue weighted by Gasteiger charge is -2.25. The van der Waals surface area contributed by atoms with Crippen LogP contribution >= 0.6 is 11.6 Å². The van der Waals surface area contributed by atoms with Crippen LogP contribution in [0.1, 0.15) is 18.4 Å². The maximum Gasteiger partial charge on any atom is 0.419 e. The van der Waals surface area contributed by atoms with Crippen LogP contribution < -0.4 is 5.76 Å². The molecule has 3 rings (SSSR count). The zero-order valence-corrected chi connectivity index (χ0v) is 17.6. The Morgan fingerprint density at radius 3 is 2.52 bits per heavy atom. The molecule has 0 spiro atoms. The Hall–Kier alpha value is -2.57. The van der Waals surface area contributed by atoms with Gasteiger partial charge in [-0.15, -0.1) is 0 Å². The fourth-order valence-corrected chi connectivity index (χ4v) is 3.32. The molecule has 0 bridgehead atoms. The summed E-state index contributed by atoms with van der Waals surface area (Å²) in [6, 6.07) is 14.9. The highest BCUT2D eigenvalue weighted by molar-refractivity contribution is 6.30. The van der Waals surface area contributed by atoms with Gasteiger partial charge in [-0.1, -0.05) is 35.9 Å². The standard InChI is InChI=1S/C22H26ClN3O3/c1-24(2)14-15-25(16-17-9-11-18(23)12-10-17)21(27)8-5-13-26-19-6-3-4-7-20(19)29-22(26)28/h3-4,6-7,9-12H,5,8,13-16H2,1-2H3. The van der Waals surface area contributed by atoms with Crippen LogP contribution in [0.15, 0.2) is 57.7 Å². The maximum absolute atomic E-state index is 12.9. The zero-order valence-electron chi connectivity index (χ0n) is 16.8. The van der Waals surface area contributed by atoms with Gasteiger partial charge in [0.25, 0.3) is 0 Å². The topological polar surface area (TPSA) is 58.7 Å². The average molecular weight is 416 g/mol. The molecule has 3 aromatic rings. The van der Waals surface area contributed by atoms with E-state index in [2.05, 4.69) is 4.90 Å². The van der Waals surface area contributed by atoms with Crippen molar-refractivity contribution < 1.29 is 9.21 Å². The summed E-state index contributed by atoms with van der Waals surface area (Å²) in [4.78, 5) is 28.9. The lowest BCUT2D eigenvalue weighted by molar-refractivity contribution is -0.132. The number of amides is 1. The van der Waals surface area contributed by atoms with Gasteiger partial charge in [0.1, 0.15) is 0 Å². The first-order valence-electron chi connectivity index (χ1n) is 9.69. The number of halogens is 1. The van der Waals surface area contributed by atoms with E-state index in [4.69, 9.17) is 16.0 Å². The highest BCUT2D eigenvalue weighted by Gasteiger charge is 2.15. The van der Waals surface area contributed by atoms with Crippen LogP contribution in [0, 0.1) is 0 Å². The first kappa shape index (κ1) is 21.1. The van der Waals surface area contributed by atoms with Crippen molar-refractivity contribution in [3.63, 3.8) is 0 Å². The van der Waals surface area contributed by atoms with E-state index in [0.29, 0.717) is 43.1 Å². The number of aryl methyl sites for hydroxylation is 1. The minimum Gasteiger partial charge on any atom is -0.408 e. The largest absolute Gasteiger partial charge is 0.419 e. The third kappa shape index (κ3) is 5.71. The Morgan fingerprint density at radius 2 is 1.79 bits per heavy atom. The number of rotatable bonds is 9. The zero-order chi connectivity index (χ0) is 20.8. The van der Waals surface area contributed by atoms with Crippen molar-refractivity contribution >= 4 is 28.6 Å². The molecule has 7 heteroatoms. The van der Waals surface area contributed by atoms with E-state index in [9.17, 15) is 9.59 Å². The van der Waals surface area contributed by atoms with Crippen LogP contribution in [0.2, 0.25) is 5.02 Å². The van der Waals surface area contributed by atoms with Crippen molar-refractivity contribution in [1.82, 2.24) is 14.4 Å². The SMILES string of the molecule is CN(C)CCN(Cc1ccc(Cl)cc1)C(=O)CCCn1c(=O)oc2ccccc21. The first-order valence-corrected chi connectivity index (χ1v) is 10.1. The summed E-state index contributed by atoms with van der Waals surface area (Å²) < 4.78 is 6.84. The molecule has 0 fully saturated rings. The second kappa shape index (κ2) is 9.76. The summed E-state index contributed by atoms with van der Waals surface area (Å²) >= 11 is 5.96. The molecule has 0 aliphatic heterocycles. The van der Waals surface area contributed by atoms with Gasteiger partial charge >= 0.3 is 5.76 Å². The smallest absolute Gasteiger partial charge is 0.408 e. The van der Waals surface area contributed by atoms with Gasteiger partial charge in [-0.05, 0) is 50.3 Å². The van der Waals surface area contributed by atoms with Crippen molar-refractivity contribution in [3.8, 4) is 0 Å². The summed E-state index contributed by atoms with van der Waals surface area (Å²) in [6.45, 7) is 2.41. The Labute approximate surface area is 175 Å². The van der Waals surface area contributed by atoms with Gasteiger partial charge in [-0.3, -0.25) is 9.36 Å². The molecule has 2 aromatic carbocycles. The molecule has 0 N–H and O–H groups in total. The molecule has 0 radical (unpaired) electrons. The molecule has 29 heavy (non-hydrogen) atoms. The van der Waals surface area contributed by atoms with Crippen LogP contribution in [-0.2, 0) is 17.9 Å². The van der Waals surface area contributed by atoms with Crippen molar-refractivity contribution in [2.45, 2.75) is 25.9 Å². The molecule has 154 valence electrons. The number of likely N-dealkylation sites (N-methyl/N-ethyl adjacent to an activating group) is 1. The molecule has 0 aliphatic rings. The van der Waals surface area contributed by atoms with Crippen molar-refractivity contribution in [2.75, 3.05) is 27.2 Å². The Balaban J connectivity index is 1.63. The number of nitrogens with zero attached hydrogens (tertiary/aromatic N) is 3. The summed E-state index contributed by atoms with van der Waals surface area (Å²) in [6.07, 6.45) is 0.939. The third-order valence-corrected chi connectivity index (χ3v) is 5.05. The molecule has 1 heterocycles. The minimum atomic E-state index is -0.385. The van der Waals surface area contributed by atoms with Gasteiger partial charge in [0.2, 0.25) is 5.91 Å². The normalized spacial score (nSPS) is 11.3. The van der Waals surface area contributed by atoms with Gasteiger partial charge in [0.05, 0.1) is 5.52 Å². The van der Waals surface area contributed by atoms with E-state index in [1.54, 1.807) is 10.6 Å². The number of oxazole rings is 1. The first-order chi connectivity index (χ1) is 13.9. The molecule has 0 atom stereocenters. The highest BCUT2D eigenvalue weighted by Crippen LogP contribution is 2.14. The predicted octanol–water partition coefficient (Wildman–Crippen LogP) is 3.62. The van der Waals surface area contributed by atoms with Gasteiger partial charge < -0.3 is 14.2 Å². The van der Waals surface area contributed by atoms with E-state index in [0.717, 1.165) is 17.6 Å². The van der Waals surface area contributed by atoms with Crippen LogP contribution in [0.3, 0.4) is 0 Å². The maximum atomic E-state index is 12.9. The Morgan fingerprint density at radius 1 is 1.07 bits per heavy atom. The molecule has 1 aromatic heterocycles. The van der Waals surface area contributed by atoms with Gasteiger partial charge in [-0.2, -0.15) is 0 Å². The number of hydrogen-bond acceptors (Lipinski definition) is 4. The molecule has 0 unspecified atom stereocenters. The fraction of sp³-hybridized carbons (Fsp3) is 0.364. The monoisotopic (exact) mass is 415 g/mol. The van der Waals surface area contributed by atoms with E-state index in [1.165, 1.54) is 0 Å². The number of benzene rings is 2. The second-order valence-electron chi connectivity index (χ2n) is 7.34. The van der Waals surface area contributed by atoms with E-state index in [1.807, 2.05) is 61.5 Å². The predicted molar refractivity (Wildman–Crippen MR) is 115 cm³/mol. The number of aromatic nitrogens is 1. The van der Waals surface area contributed by atoms with Crippen molar-refractivity contribution in [3.05, 3.63) is 69.7 Å². The van der Waals surface area contributed by atoms with Crippen LogP contribution in [-0.4, -0.2) is 47.5 Å². The Bertz CT molecular complexity index is 1010. The number of carbonyl (C=O) groups is 1. The molecule has 0 saturated heterocycles. The minimum absolute atomic E-state index is 0.0719. The average Bonchev–Trinajstić information content (AvgIpc) is 3.01. The van der Waals surface area contributed by atoms with Gasteiger partial charge in [0, 0.05) is 37.6 Å². The molecular formula is C22H26ClN3O3. The molecule has 0 saturated carbocycles. The molecule has 6 nitrogen and oxygen atoms in total. The van der Waals surface area contributed by atoms with Crippen LogP contribution in [0.5, 0.6) is 0 Å². The fourth-order valence-electron chi connectivity index (χ4n) is 3.20. The lowest BCUT2D eigenvalue weighted by atomic mass is 10.2. The third-order valence-electron chi connectivity index (χ3n) is 4.80. The quantitative estimate of drug-likeness (QED) is 0.535. The van der Waals surface area contributed by atoms with Gasteiger partial charge in [0.15, 0.2) is 5.58 Å². The molecule has 1 amide bonds. The number of hydrogen-bond donors (Lipinski definition) is 0.